The number of halogens is 1. The van der Waals surface area contributed by atoms with Crippen molar-refractivity contribution in [2.75, 3.05) is 31.6 Å². The number of likely N-dealkylation sites (tertiary alicyclic amines) is 1. The Hall–Kier alpha value is -1.95. The van der Waals surface area contributed by atoms with Gasteiger partial charge < -0.3 is 15.0 Å². The van der Waals surface area contributed by atoms with Crippen LogP contribution in [-0.2, 0) is 14.3 Å². The van der Waals surface area contributed by atoms with Crippen LogP contribution in [0.15, 0.2) is 30.3 Å². The van der Waals surface area contributed by atoms with Gasteiger partial charge in [0.1, 0.15) is 0 Å². The summed E-state index contributed by atoms with van der Waals surface area (Å²) < 4.78 is 20.2. The van der Waals surface area contributed by atoms with Crippen molar-refractivity contribution in [2.24, 2.45) is 11.3 Å². The second-order valence-electron chi connectivity index (χ2n) is 7.89. The Balaban J connectivity index is 1.54. The van der Waals surface area contributed by atoms with E-state index in [9.17, 15) is 14.0 Å². The summed E-state index contributed by atoms with van der Waals surface area (Å²) in [6.07, 6.45) is 2.82. The molecule has 0 bridgehead atoms. The molecule has 1 N–H and O–H groups in total. The lowest BCUT2D eigenvalue weighted by Gasteiger charge is -2.38. The van der Waals surface area contributed by atoms with Crippen molar-refractivity contribution in [3.63, 3.8) is 0 Å². The molecule has 0 unspecified atom stereocenters. The van der Waals surface area contributed by atoms with E-state index in [0.717, 1.165) is 24.9 Å². The maximum atomic E-state index is 14.7. The number of carbonyl (C=O) groups is 2. The van der Waals surface area contributed by atoms with Crippen LogP contribution in [0, 0.1) is 11.3 Å². The Bertz CT molecular complexity index is 684. The minimum absolute atomic E-state index is 0.0880. The van der Waals surface area contributed by atoms with Gasteiger partial charge in [0.2, 0.25) is 5.91 Å². The lowest BCUT2D eigenvalue weighted by Crippen LogP contribution is -2.50. The molecule has 1 spiro atoms. The van der Waals surface area contributed by atoms with Gasteiger partial charge in [-0.2, -0.15) is 0 Å². The summed E-state index contributed by atoms with van der Waals surface area (Å²) in [7, 11) is 0. The maximum Gasteiger partial charge on any atom is 0.260 e. The van der Waals surface area contributed by atoms with Crippen molar-refractivity contribution in [3.8, 4) is 0 Å². The molecule has 0 radical (unpaired) electrons. The predicted molar refractivity (Wildman–Crippen MR) is 95.3 cm³/mol. The third-order valence-corrected chi connectivity index (χ3v) is 6.31. The Morgan fingerprint density at radius 3 is 2.42 bits per heavy atom. The number of anilines is 1. The third-order valence-electron chi connectivity index (χ3n) is 6.31. The van der Waals surface area contributed by atoms with E-state index in [4.69, 9.17) is 4.74 Å². The van der Waals surface area contributed by atoms with E-state index < -0.39 is 11.6 Å². The zero-order valence-corrected chi connectivity index (χ0v) is 14.9. The fourth-order valence-corrected chi connectivity index (χ4v) is 4.50. The standard InChI is InChI=1S/C20H25FN2O3/c21-20(7-4-8-20)18(25)23-13-16(19(14-23)9-11-26-12-10-19)17(24)22-15-5-2-1-3-6-15/h1-3,5-6,16H,4,7-14H2,(H,22,24)/t16-/m1/s1. The first-order valence-electron chi connectivity index (χ1n) is 9.44. The number of ether oxygens (including phenoxy) is 1. The first kappa shape index (κ1) is 17.5. The van der Waals surface area contributed by atoms with E-state index in [1.165, 1.54) is 0 Å². The molecule has 1 aromatic carbocycles. The van der Waals surface area contributed by atoms with Crippen molar-refractivity contribution < 1.29 is 18.7 Å². The van der Waals surface area contributed by atoms with Crippen LogP contribution in [0.5, 0.6) is 0 Å². The summed E-state index contributed by atoms with van der Waals surface area (Å²) >= 11 is 0. The molecule has 1 atom stereocenters. The smallest absolute Gasteiger partial charge is 0.260 e. The van der Waals surface area contributed by atoms with Gasteiger partial charge in [0.15, 0.2) is 5.67 Å². The first-order valence-corrected chi connectivity index (χ1v) is 9.44. The highest BCUT2D eigenvalue weighted by molar-refractivity contribution is 5.95. The summed E-state index contributed by atoms with van der Waals surface area (Å²) in [5.41, 5.74) is -1.28. The predicted octanol–water partition coefficient (Wildman–Crippen LogP) is 2.77. The lowest BCUT2D eigenvalue weighted by molar-refractivity contribution is -0.149. The molecule has 1 saturated carbocycles. The van der Waals surface area contributed by atoms with Gasteiger partial charge in [-0.05, 0) is 44.2 Å². The molecule has 140 valence electrons. The highest BCUT2D eigenvalue weighted by Crippen LogP contribution is 2.47. The van der Waals surface area contributed by atoms with Crippen molar-refractivity contribution in [1.29, 1.82) is 0 Å². The second-order valence-corrected chi connectivity index (χ2v) is 7.89. The number of hydrogen-bond donors (Lipinski definition) is 1. The molecule has 6 heteroatoms. The van der Waals surface area contributed by atoms with Gasteiger partial charge in [-0.3, -0.25) is 9.59 Å². The van der Waals surface area contributed by atoms with Crippen molar-refractivity contribution in [1.82, 2.24) is 4.90 Å². The zero-order valence-electron chi connectivity index (χ0n) is 14.9. The lowest BCUT2D eigenvalue weighted by atomic mass is 9.71. The Morgan fingerprint density at radius 1 is 1.12 bits per heavy atom. The summed E-state index contributed by atoms with van der Waals surface area (Å²) in [6.45, 7) is 1.91. The number of alkyl halides is 1. The molecular weight excluding hydrogens is 335 g/mol. The molecule has 2 aliphatic heterocycles. The van der Waals surface area contributed by atoms with Gasteiger partial charge in [-0.25, -0.2) is 4.39 Å². The van der Waals surface area contributed by atoms with Gasteiger partial charge >= 0.3 is 0 Å². The summed E-state index contributed by atoms with van der Waals surface area (Å²) in [6, 6.07) is 9.32. The van der Waals surface area contributed by atoms with Crippen LogP contribution in [0.2, 0.25) is 0 Å². The molecular formula is C20H25FN2O3. The molecule has 3 aliphatic rings. The monoisotopic (exact) mass is 360 g/mol. The van der Waals surface area contributed by atoms with Crippen LogP contribution in [0.1, 0.15) is 32.1 Å². The average Bonchev–Trinajstić information content (AvgIpc) is 2.99. The Kier molecular flexibility index (Phi) is 4.47. The molecule has 2 saturated heterocycles. The molecule has 2 amide bonds. The quantitative estimate of drug-likeness (QED) is 0.902. The van der Waals surface area contributed by atoms with E-state index in [2.05, 4.69) is 5.32 Å². The first-order chi connectivity index (χ1) is 12.5. The topological polar surface area (TPSA) is 58.6 Å². The number of hydrogen-bond acceptors (Lipinski definition) is 3. The minimum Gasteiger partial charge on any atom is -0.381 e. The molecule has 3 fully saturated rings. The summed E-state index contributed by atoms with van der Waals surface area (Å²) in [5.74, 6) is -0.848. The third kappa shape index (κ3) is 3.00. The van der Waals surface area contributed by atoms with Crippen LogP contribution in [-0.4, -0.2) is 48.7 Å². The minimum atomic E-state index is -1.71. The van der Waals surface area contributed by atoms with Crippen LogP contribution < -0.4 is 5.32 Å². The molecule has 0 aromatic heterocycles. The van der Waals surface area contributed by atoms with E-state index in [0.29, 0.717) is 39.1 Å². The molecule has 5 nitrogen and oxygen atoms in total. The highest BCUT2D eigenvalue weighted by Gasteiger charge is 2.56. The fourth-order valence-electron chi connectivity index (χ4n) is 4.50. The SMILES string of the molecule is O=C(Nc1ccccc1)[C@H]1CN(C(=O)C2(F)CCC2)CC12CCOCC2. The average molecular weight is 360 g/mol. The molecule has 1 aromatic rings. The number of nitrogens with zero attached hydrogens (tertiary/aromatic N) is 1. The van der Waals surface area contributed by atoms with E-state index in [-0.39, 0.29) is 17.2 Å². The second kappa shape index (κ2) is 6.65. The molecule has 1 aliphatic carbocycles. The zero-order chi connectivity index (χ0) is 18.2. The van der Waals surface area contributed by atoms with Crippen molar-refractivity contribution in [2.45, 2.75) is 37.8 Å². The Morgan fingerprint density at radius 2 is 1.81 bits per heavy atom. The largest absolute Gasteiger partial charge is 0.381 e. The van der Waals surface area contributed by atoms with Crippen molar-refractivity contribution in [3.05, 3.63) is 30.3 Å². The van der Waals surface area contributed by atoms with E-state index >= 15 is 0 Å². The van der Waals surface area contributed by atoms with Crippen molar-refractivity contribution >= 4 is 17.5 Å². The molecule has 26 heavy (non-hydrogen) atoms. The number of nitrogens with one attached hydrogen (secondary N) is 1. The number of carbonyl (C=O) groups excluding carboxylic acids is 2. The number of amides is 2. The molecule has 2 heterocycles. The fraction of sp³-hybridized carbons (Fsp3) is 0.600. The van der Waals surface area contributed by atoms with E-state index in [1.807, 2.05) is 30.3 Å². The summed E-state index contributed by atoms with van der Waals surface area (Å²) in [4.78, 5) is 27.3. The highest BCUT2D eigenvalue weighted by atomic mass is 19.1. The maximum absolute atomic E-state index is 14.7. The van der Waals surface area contributed by atoms with Gasteiger partial charge in [-0.15, -0.1) is 0 Å². The van der Waals surface area contributed by atoms with Crippen LogP contribution in [0.4, 0.5) is 10.1 Å². The summed E-state index contributed by atoms with van der Waals surface area (Å²) in [5, 5.41) is 2.97. The van der Waals surface area contributed by atoms with Gasteiger partial charge in [0.05, 0.1) is 5.92 Å². The Labute approximate surface area is 152 Å². The normalized spacial score (nSPS) is 26.3. The van der Waals surface area contributed by atoms with Gasteiger partial charge in [0.25, 0.3) is 5.91 Å². The number of benzene rings is 1. The van der Waals surface area contributed by atoms with Crippen LogP contribution >= 0.6 is 0 Å². The molecule has 4 rings (SSSR count). The van der Waals surface area contributed by atoms with Gasteiger partial charge in [0, 0.05) is 37.4 Å². The van der Waals surface area contributed by atoms with Crippen LogP contribution in [0.25, 0.3) is 0 Å². The number of rotatable bonds is 3. The van der Waals surface area contributed by atoms with Crippen LogP contribution in [0.3, 0.4) is 0 Å². The number of para-hydroxylation sites is 1. The van der Waals surface area contributed by atoms with E-state index in [1.54, 1.807) is 4.90 Å². The van der Waals surface area contributed by atoms with Gasteiger partial charge in [-0.1, -0.05) is 18.2 Å².